The van der Waals surface area contributed by atoms with Crippen molar-refractivity contribution in [3.63, 3.8) is 0 Å². The van der Waals surface area contributed by atoms with Crippen LogP contribution in [0.3, 0.4) is 0 Å². The molecule has 0 unspecified atom stereocenters. The molecule has 8 nitrogen and oxygen atoms in total. The summed E-state index contributed by atoms with van der Waals surface area (Å²) in [4.78, 5) is 13.2. The van der Waals surface area contributed by atoms with E-state index in [1.807, 2.05) is 56.4 Å². The number of thioether (sulfide) groups is 1. The molecule has 4 aromatic rings. The van der Waals surface area contributed by atoms with E-state index in [1.165, 1.54) is 16.4 Å². The molecule has 0 spiro atoms. The second-order valence-corrected chi connectivity index (χ2v) is 7.94. The molecule has 30 heavy (non-hydrogen) atoms. The van der Waals surface area contributed by atoms with Crippen molar-refractivity contribution in [3.05, 3.63) is 75.7 Å². The Hall–Kier alpha value is -3.04. The van der Waals surface area contributed by atoms with E-state index in [9.17, 15) is 4.79 Å². The fourth-order valence-electron chi connectivity index (χ4n) is 3.06. The number of tetrazole rings is 1. The Labute approximate surface area is 182 Å². The van der Waals surface area contributed by atoms with Crippen molar-refractivity contribution in [1.82, 2.24) is 29.6 Å². The molecule has 2 heterocycles. The summed E-state index contributed by atoms with van der Waals surface area (Å²) in [5.41, 5.74) is 1.76. The molecule has 0 radical (unpaired) electrons. The number of hydrogen-bond acceptors (Lipinski definition) is 6. The van der Waals surface area contributed by atoms with Crippen molar-refractivity contribution in [2.45, 2.75) is 12.1 Å². The third-order valence-electron chi connectivity index (χ3n) is 4.56. The Bertz CT molecular complexity index is 1220. The van der Waals surface area contributed by atoms with Crippen LogP contribution < -0.4 is 10.3 Å². The van der Waals surface area contributed by atoms with E-state index in [1.54, 1.807) is 21.5 Å². The SMILES string of the molecule is Cc1c(-n2nnnc2SCCOc2cccc(Cl)c2)c(=O)n(-c2ccccc2)n1C. The highest BCUT2D eigenvalue weighted by Gasteiger charge is 2.21. The van der Waals surface area contributed by atoms with Crippen LogP contribution in [0.15, 0.2) is 64.5 Å². The van der Waals surface area contributed by atoms with E-state index >= 15 is 0 Å². The van der Waals surface area contributed by atoms with Gasteiger partial charge in [0, 0.05) is 17.8 Å². The molecule has 0 atom stereocenters. The highest BCUT2D eigenvalue weighted by molar-refractivity contribution is 7.99. The van der Waals surface area contributed by atoms with Crippen LogP contribution in [0.4, 0.5) is 0 Å². The summed E-state index contributed by atoms with van der Waals surface area (Å²) in [6.07, 6.45) is 0. The normalized spacial score (nSPS) is 11.0. The summed E-state index contributed by atoms with van der Waals surface area (Å²) < 4.78 is 10.6. The van der Waals surface area contributed by atoms with E-state index in [4.69, 9.17) is 16.3 Å². The Morgan fingerprint density at radius 1 is 1.13 bits per heavy atom. The highest BCUT2D eigenvalue weighted by Crippen LogP contribution is 2.21. The third kappa shape index (κ3) is 3.99. The van der Waals surface area contributed by atoms with Gasteiger partial charge in [0.15, 0.2) is 5.69 Å². The third-order valence-corrected chi connectivity index (χ3v) is 5.67. The van der Waals surface area contributed by atoms with Gasteiger partial charge in [-0.2, -0.15) is 4.68 Å². The van der Waals surface area contributed by atoms with Gasteiger partial charge in [0.1, 0.15) is 5.75 Å². The first-order valence-electron chi connectivity index (χ1n) is 9.20. The fraction of sp³-hybridized carbons (Fsp3) is 0.200. The summed E-state index contributed by atoms with van der Waals surface area (Å²) in [7, 11) is 1.84. The lowest BCUT2D eigenvalue weighted by atomic mass is 10.3. The van der Waals surface area contributed by atoms with Gasteiger partial charge in [0.2, 0.25) is 5.16 Å². The second-order valence-electron chi connectivity index (χ2n) is 6.44. The maximum atomic E-state index is 13.2. The Balaban J connectivity index is 1.54. The van der Waals surface area contributed by atoms with Crippen LogP contribution in [0.1, 0.15) is 5.69 Å². The lowest BCUT2D eigenvalue weighted by Crippen LogP contribution is -2.22. The van der Waals surface area contributed by atoms with Crippen LogP contribution >= 0.6 is 23.4 Å². The quantitative estimate of drug-likeness (QED) is 0.323. The molecule has 0 bridgehead atoms. The fourth-order valence-corrected chi connectivity index (χ4v) is 3.93. The maximum absolute atomic E-state index is 13.2. The summed E-state index contributed by atoms with van der Waals surface area (Å²) in [6.45, 7) is 2.31. The van der Waals surface area contributed by atoms with E-state index in [0.717, 1.165) is 11.4 Å². The lowest BCUT2D eigenvalue weighted by molar-refractivity contribution is 0.344. The van der Waals surface area contributed by atoms with Gasteiger partial charge in [0.05, 0.1) is 18.0 Å². The minimum Gasteiger partial charge on any atom is -0.493 e. The lowest BCUT2D eigenvalue weighted by Gasteiger charge is -2.07. The molecule has 0 aliphatic heterocycles. The topological polar surface area (TPSA) is 79.8 Å². The molecule has 0 N–H and O–H groups in total. The van der Waals surface area contributed by atoms with Crippen LogP contribution in [0.5, 0.6) is 5.75 Å². The molecule has 0 fully saturated rings. The molecule has 0 aliphatic rings. The summed E-state index contributed by atoms with van der Waals surface area (Å²) in [5, 5.41) is 13.0. The zero-order chi connectivity index (χ0) is 21.1. The molecule has 0 aliphatic carbocycles. The van der Waals surface area contributed by atoms with Gasteiger partial charge in [0.25, 0.3) is 5.56 Å². The molecular weight excluding hydrogens is 424 g/mol. The zero-order valence-electron chi connectivity index (χ0n) is 16.4. The number of rotatable bonds is 7. The van der Waals surface area contributed by atoms with Crippen LogP contribution in [0.25, 0.3) is 11.4 Å². The number of para-hydroxylation sites is 1. The van der Waals surface area contributed by atoms with Gasteiger partial charge in [-0.15, -0.1) is 5.10 Å². The molecule has 10 heteroatoms. The van der Waals surface area contributed by atoms with Crippen LogP contribution in [-0.2, 0) is 7.05 Å². The predicted molar refractivity (Wildman–Crippen MR) is 116 cm³/mol. The average Bonchev–Trinajstić information content (AvgIpc) is 3.28. The number of nitrogens with zero attached hydrogens (tertiary/aromatic N) is 6. The van der Waals surface area contributed by atoms with Crippen LogP contribution in [0, 0.1) is 6.92 Å². The monoisotopic (exact) mass is 442 g/mol. The smallest absolute Gasteiger partial charge is 0.297 e. The van der Waals surface area contributed by atoms with Gasteiger partial charge in [-0.1, -0.05) is 47.6 Å². The standard InChI is InChI=1S/C20H19ClN6O2S/c1-14-18(19(28)27(25(14)2)16-8-4-3-5-9-16)26-20(22-23-24-26)30-12-11-29-17-10-6-7-15(21)13-17/h3-10,13H,11-12H2,1-2H3. The number of hydrogen-bond donors (Lipinski definition) is 0. The first-order valence-corrected chi connectivity index (χ1v) is 10.6. The minimum absolute atomic E-state index is 0.189. The molecule has 2 aromatic carbocycles. The molecule has 4 rings (SSSR count). The highest BCUT2D eigenvalue weighted by atomic mass is 35.5. The van der Waals surface area contributed by atoms with E-state index < -0.39 is 0 Å². The molecule has 0 amide bonds. The first-order chi connectivity index (χ1) is 14.6. The van der Waals surface area contributed by atoms with Crippen molar-refractivity contribution in [3.8, 4) is 17.1 Å². The van der Waals surface area contributed by atoms with Crippen LogP contribution in [-0.4, -0.2) is 41.9 Å². The maximum Gasteiger partial charge on any atom is 0.297 e. The number of ether oxygens (including phenoxy) is 1. The van der Waals surface area contributed by atoms with Crippen molar-refractivity contribution in [1.29, 1.82) is 0 Å². The number of benzene rings is 2. The van der Waals surface area contributed by atoms with Crippen molar-refractivity contribution >= 4 is 23.4 Å². The van der Waals surface area contributed by atoms with Crippen molar-refractivity contribution in [2.24, 2.45) is 7.05 Å². The van der Waals surface area contributed by atoms with Gasteiger partial charge in [-0.25, -0.2) is 4.68 Å². The minimum atomic E-state index is -0.189. The Morgan fingerprint density at radius 3 is 2.70 bits per heavy atom. The first kappa shape index (κ1) is 20.2. The van der Waals surface area contributed by atoms with Crippen molar-refractivity contribution in [2.75, 3.05) is 12.4 Å². The molecule has 2 aromatic heterocycles. The van der Waals surface area contributed by atoms with Crippen LogP contribution in [0.2, 0.25) is 5.02 Å². The Morgan fingerprint density at radius 2 is 1.93 bits per heavy atom. The second kappa shape index (κ2) is 8.76. The largest absolute Gasteiger partial charge is 0.493 e. The van der Waals surface area contributed by atoms with Gasteiger partial charge in [-0.05, 0) is 47.7 Å². The van der Waals surface area contributed by atoms with E-state index in [2.05, 4.69) is 15.5 Å². The molecular formula is C20H19ClN6O2S. The summed E-state index contributed by atoms with van der Waals surface area (Å²) in [6, 6.07) is 16.7. The van der Waals surface area contributed by atoms with Gasteiger partial charge in [-0.3, -0.25) is 9.48 Å². The average molecular weight is 443 g/mol. The summed E-state index contributed by atoms with van der Waals surface area (Å²) in [5.74, 6) is 1.30. The van der Waals surface area contributed by atoms with Gasteiger partial charge >= 0.3 is 0 Å². The predicted octanol–water partition coefficient (Wildman–Crippen LogP) is 3.28. The van der Waals surface area contributed by atoms with E-state index in [-0.39, 0.29) is 5.56 Å². The van der Waals surface area contributed by atoms with Crippen molar-refractivity contribution < 1.29 is 4.74 Å². The molecule has 0 saturated carbocycles. The number of aromatic nitrogens is 6. The van der Waals surface area contributed by atoms with Gasteiger partial charge < -0.3 is 4.74 Å². The zero-order valence-corrected chi connectivity index (χ0v) is 18.0. The van der Waals surface area contributed by atoms with E-state index in [0.29, 0.717) is 34.0 Å². The Kier molecular flexibility index (Phi) is 5.91. The number of halogens is 1. The molecule has 0 saturated heterocycles. The molecule has 154 valence electrons. The summed E-state index contributed by atoms with van der Waals surface area (Å²) >= 11 is 7.38.